The minimum Gasteiger partial charge on any atom is -0.375 e. The first-order chi connectivity index (χ1) is 9.13. The Morgan fingerprint density at radius 2 is 2.26 bits per heavy atom. The highest BCUT2D eigenvalue weighted by atomic mass is 32.2. The summed E-state index contributed by atoms with van der Waals surface area (Å²) in [5, 5.41) is 6.00. The van der Waals surface area contributed by atoms with Gasteiger partial charge in [0.15, 0.2) is 10.0 Å². The highest BCUT2D eigenvalue weighted by molar-refractivity contribution is 8.00. The number of hydrogen-bond acceptors (Lipinski definition) is 6. The van der Waals surface area contributed by atoms with Crippen LogP contribution >= 0.6 is 23.1 Å². The lowest BCUT2D eigenvalue weighted by Crippen LogP contribution is -2.27. The van der Waals surface area contributed by atoms with Crippen molar-refractivity contribution in [1.29, 1.82) is 0 Å². The van der Waals surface area contributed by atoms with E-state index >= 15 is 0 Å². The molecule has 0 atom stereocenters. The Morgan fingerprint density at radius 1 is 1.53 bits per heavy atom. The molecule has 1 heterocycles. The van der Waals surface area contributed by atoms with Crippen LogP contribution in [0.2, 0.25) is 0 Å². The molecule has 0 spiro atoms. The van der Waals surface area contributed by atoms with Crippen LogP contribution in [0.3, 0.4) is 0 Å². The topological polar surface area (TPSA) is 80.3 Å². The molecule has 0 aliphatic heterocycles. The smallest absolute Gasteiger partial charge is 0.273 e. The second-order valence-corrected chi connectivity index (χ2v) is 6.14. The number of nitrogens with zero attached hydrogens (tertiary/aromatic N) is 1. The zero-order chi connectivity index (χ0) is 13.8. The fraction of sp³-hybridized carbons (Fsp3) is 0.545. The van der Waals surface area contributed by atoms with Crippen molar-refractivity contribution in [1.82, 2.24) is 10.3 Å². The number of carbonyl (C=O) groups is 2. The van der Waals surface area contributed by atoms with Crippen LogP contribution in [0.4, 0.5) is 5.00 Å². The zero-order valence-corrected chi connectivity index (χ0v) is 12.3. The molecule has 1 fully saturated rings. The fourth-order valence-corrected chi connectivity index (χ4v) is 2.88. The molecule has 1 aromatic heterocycles. The van der Waals surface area contributed by atoms with Crippen LogP contribution in [0.1, 0.15) is 23.3 Å². The molecule has 1 aliphatic carbocycles. The molecule has 0 unspecified atom stereocenters. The molecule has 2 amide bonds. The SMILES string of the molecule is COCC(=O)Nc1sc(SC)nc1C(=O)NC1CC1. The number of ether oxygens (including phenoxy) is 1. The minimum atomic E-state index is -0.292. The number of nitrogens with one attached hydrogen (secondary N) is 2. The number of carbonyl (C=O) groups excluding carboxylic acids is 2. The maximum atomic E-state index is 12.0. The summed E-state index contributed by atoms with van der Waals surface area (Å²) in [6, 6.07) is 0.259. The number of methoxy groups -OCH3 is 1. The molecule has 0 radical (unpaired) electrons. The lowest BCUT2D eigenvalue weighted by atomic mass is 10.4. The van der Waals surface area contributed by atoms with Crippen molar-refractivity contribution < 1.29 is 14.3 Å². The van der Waals surface area contributed by atoms with Gasteiger partial charge in [-0.1, -0.05) is 23.1 Å². The second kappa shape index (κ2) is 6.36. The standard InChI is InChI=1S/C11H15N3O3S2/c1-17-5-7(15)13-10-8(14-11(18-2)19-10)9(16)12-6-3-4-6/h6H,3-5H2,1-2H3,(H,12,16)(H,13,15). The first kappa shape index (κ1) is 14.3. The van der Waals surface area contributed by atoms with Gasteiger partial charge in [0.05, 0.1) is 0 Å². The Labute approximate surface area is 119 Å². The maximum absolute atomic E-state index is 12.0. The van der Waals surface area contributed by atoms with Crippen molar-refractivity contribution in [3.8, 4) is 0 Å². The number of aromatic nitrogens is 1. The maximum Gasteiger partial charge on any atom is 0.273 e. The number of hydrogen-bond donors (Lipinski definition) is 2. The van der Waals surface area contributed by atoms with Gasteiger partial charge in [-0.15, -0.1) is 0 Å². The third-order valence-corrected chi connectivity index (χ3v) is 4.39. The van der Waals surface area contributed by atoms with Crippen LogP contribution in [0.15, 0.2) is 4.34 Å². The molecule has 1 aromatic rings. The van der Waals surface area contributed by atoms with Gasteiger partial charge in [-0.3, -0.25) is 9.59 Å². The van der Waals surface area contributed by atoms with Gasteiger partial charge < -0.3 is 15.4 Å². The van der Waals surface area contributed by atoms with Gasteiger partial charge in [-0.05, 0) is 19.1 Å². The Balaban J connectivity index is 2.12. The van der Waals surface area contributed by atoms with Crippen LogP contribution in [0.25, 0.3) is 0 Å². The van der Waals surface area contributed by atoms with Gasteiger partial charge >= 0.3 is 0 Å². The van der Waals surface area contributed by atoms with Crippen molar-refractivity contribution >= 4 is 39.9 Å². The molecule has 1 saturated carbocycles. The lowest BCUT2D eigenvalue weighted by Gasteiger charge is -2.04. The quantitative estimate of drug-likeness (QED) is 0.775. The van der Waals surface area contributed by atoms with Crippen LogP contribution in [-0.4, -0.2) is 42.8 Å². The molecule has 0 aromatic carbocycles. The highest BCUT2D eigenvalue weighted by Gasteiger charge is 2.27. The van der Waals surface area contributed by atoms with E-state index in [0.29, 0.717) is 5.00 Å². The molecule has 0 saturated heterocycles. The monoisotopic (exact) mass is 301 g/mol. The first-order valence-electron chi connectivity index (χ1n) is 5.78. The van der Waals surface area contributed by atoms with Crippen molar-refractivity contribution in [3.63, 3.8) is 0 Å². The Hall–Kier alpha value is -1.12. The molecular weight excluding hydrogens is 286 g/mol. The summed E-state index contributed by atoms with van der Waals surface area (Å²) in [6.07, 6.45) is 3.90. The number of anilines is 1. The summed E-state index contributed by atoms with van der Waals surface area (Å²) in [5.41, 5.74) is 0.283. The molecule has 104 valence electrons. The summed E-state index contributed by atoms with van der Waals surface area (Å²) in [7, 11) is 1.44. The zero-order valence-electron chi connectivity index (χ0n) is 10.7. The van der Waals surface area contributed by atoms with Crippen LogP contribution < -0.4 is 10.6 Å². The molecule has 2 rings (SSSR count). The third kappa shape index (κ3) is 3.92. The van der Waals surface area contributed by atoms with E-state index in [-0.39, 0.29) is 30.2 Å². The molecule has 8 heteroatoms. The van der Waals surface area contributed by atoms with Gasteiger partial charge in [0.1, 0.15) is 11.6 Å². The predicted octanol–water partition coefficient (Wildman–Crippen LogP) is 1.34. The molecule has 2 N–H and O–H groups in total. The summed E-state index contributed by atoms with van der Waals surface area (Å²) in [6.45, 7) is -0.0455. The first-order valence-corrected chi connectivity index (χ1v) is 7.82. The Kier molecular flexibility index (Phi) is 4.78. The van der Waals surface area contributed by atoms with Gasteiger partial charge in [-0.25, -0.2) is 4.98 Å². The lowest BCUT2D eigenvalue weighted by molar-refractivity contribution is -0.119. The highest BCUT2D eigenvalue weighted by Crippen LogP contribution is 2.31. The summed E-state index contributed by atoms with van der Waals surface area (Å²) < 4.78 is 5.49. The van der Waals surface area contributed by atoms with Gasteiger partial charge in [-0.2, -0.15) is 0 Å². The van der Waals surface area contributed by atoms with E-state index in [9.17, 15) is 9.59 Å². The second-order valence-electron chi connectivity index (χ2n) is 4.09. The van der Waals surface area contributed by atoms with E-state index in [0.717, 1.165) is 17.2 Å². The van der Waals surface area contributed by atoms with Crippen LogP contribution in [-0.2, 0) is 9.53 Å². The number of thioether (sulfide) groups is 1. The molecular formula is C11H15N3O3S2. The molecule has 0 bridgehead atoms. The molecule has 6 nitrogen and oxygen atoms in total. The third-order valence-electron chi connectivity index (χ3n) is 2.44. The normalized spacial score (nSPS) is 14.2. The fourth-order valence-electron chi connectivity index (χ4n) is 1.40. The van der Waals surface area contributed by atoms with E-state index in [1.54, 1.807) is 0 Å². The molecule has 19 heavy (non-hydrogen) atoms. The van der Waals surface area contributed by atoms with Crippen molar-refractivity contribution in [2.24, 2.45) is 0 Å². The van der Waals surface area contributed by atoms with Crippen molar-refractivity contribution in [2.75, 3.05) is 25.3 Å². The predicted molar refractivity (Wildman–Crippen MR) is 74.9 cm³/mol. The summed E-state index contributed by atoms with van der Waals surface area (Å²) in [4.78, 5) is 27.8. The van der Waals surface area contributed by atoms with E-state index in [1.165, 1.54) is 30.2 Å². The van der Waals surface area contributed by atoms with E-state index in [2.05, 4.69) is 15.6 Å². The van der Waals surface area contributed by atoms with E-state index < -0.39 is 0 Å². The van der Waals surface area contributed by atoms with Crippen LogP contribution in [0.5, 0.6) is 0 Å². The van der Waals surface area contributed by atoms with Gasteiger partial charge in [0.2, 0.25) is 0 Å². The van der Waals surface area contributed by atoms with Gasteiger partial charge in [0.25, 0.3) is 11.8 Å². The minimum absolute atomic E-state index is 0.0455. The number of rotatable bonds is 6. The van der Waals surface area contributed by atoms with E-state index in [4.69, 9.17) is 4.74 Å². The number of amides is 2. The van der Waals surface area contributed by atoms with Gasteiger partial charge in [0, 0.05) is 13.2 Å². The largest absolute Gasteiger partial charge is 0.375 e. The average molecular weight is 301 g/mol. The Morgan fingerprint density at radius 3 is 2.84 bits per heavy atom. The molecule has 1 aliphatic rings. The van der Waals surface area contributed by atoms with Crippen molar-refractivity contribution in [2.45, 2.75) is 23.2 Å². The van der Waals surface area contributed by atoms with Crippen molar-refractivity contribution in [3.05, 3.63) is 5.69 Å². The number of thiazole rings is 1. The van der Waals surface area contributed by atoms with Crippen LogP contribution in [0, 0.1) is 0 Å². The summed E-state index contributed by atoms with van der Waals surface area (Å²) >= 11 is 2.73. The average Bonchev–Trinajstić information content (AvgIpc) is 3.08. The Bertz CT molecular complexity index is 486. The summed E-state index contributed by atoms with van der Waals surface area (Å²) in [5.74, 6) is -0.522. The van der Waals surface area contributed by atoms with E-state index in [1.807, 2.05) is 6.26 Å².